The quantitative estimate of drug-likeness (QED) is 0.208. The molecule has 1 unspecified atom stereocenters. The molecule has 0 amide bonds. The molecule has 2 rings (SSSR count). The predicted octanol–water partition coefficient (Wildman–Crippen LogP) is -6.21. The fraction of sp³-hybridized carbons (Fsp3) is 1.00. The van der Waals surface area contributed by atoms with Crippen molar-refractivity contribution in [1.29, 1.82) is 0 Å². The van der Waals surface area contributed by atoms with Crippen LogP contribution in [-0.4, -0.2) is 128 Å². The van der Waals surface area contributed by atoms with Crippen LogP contribution in [-0.2, 0) is 9.47 Å². The summed E-state index contributed by atoms with van der Waals surface area (Å²) in [6.45, 7) is -1.49. The van der Waals surface area contributed by atoms with Gasteiger partial charge in [0.1, 0.15) is 30.5 Å². The van der Waals surface area contributed by atoms with Gasteiger partial charge in [-0.05, 0) is 0 Å². The van der Waals surface area contributed by atoms with E-state index in [4.69, 9.17) is 19.7 Å². The van der Waals surface area contributed by atoms with E-state index in [9.17, 15) is 35.7 Å². The van der Waals surface area contributed by atoms with Crippen LogP contribution in [0.25, 0.3) is 0 Å². The van der Waals surface area contributed by atoms with Gasteiger partial charge < -0.3 is 60.7 Å². The number of ether oxygens (including phenoxy) is 2. The summed E-state index contributed by atoms with van der Waals surface area (Å²) < 4.78 is 10.2. The van der Waals surface area contributed by atoms with Crippen molar-refractivity contribution >= 4 is 0 Å². The van der Waals surface area contributed by atoms with E-state index in [1.54, 1.807) is 0 Å². The van der Waals surface area contributed by atoms with Crippen LogP contribution in [0.3, 0.4) is 0 Å². The van der Waals surface area contributed by atoms with Crippen molar-refractivity contribution in [3.63, 3.8) is 0 Å². The lowest BCUT2D eigenvalue weighted by Crippen LogP contribution is -2.72. The Morgan fingerprint density at radius 1 is 1.00 bits per heavy atom. The van der Waals surface area contributed by atoms with Gasteiger partial charge in [0, 0.05) is 13.7 Å². The topological polar surface area (TPSA) is 213 Å². The van der Waals surface area contributed by atoms with E-state index in [0.717, 1.165) is 7.11 Å². The molecule has 2 fully saturated rings. The maximum absolute atomic E-state index is 10.5. The molecule has 0 spiro atoms. The molecule has 2 heterocycles. The Labute approximate surface area is 143 Å². The SMILES string of the molecule is CO.OC[C@H]1O[C@@H](OC2(O)[C@H](O)[C@@H](O)CN[C@@H]2CO)[C@H](O)[C@@H](O)[C@@H]1O. The molecule has 0 aromatic rings. The van der Waals surface area contributed by atoms with E-state index in [2.05, 4.69) is 5.32 Å². The zero-order valence-corrected chi connectivity index (χ0v) is 13.6. The summed E-state index contributed by atoms with van der Waals surface area (Å²) in [5.74, 6) is -2.54. The normalized spacial score (nSPS) is 47.8. The maximum Gasteiger partial charge on any atom is 0.215 e. The van der Waals surface area contributed by atoms with Gasteiger partial charge in [0.15, 0.2) is 6.29 Å². The third-order valence-corrected chi connectivity index (χ3v) is 4.20. The molecule has 0 aromatic carbocycles. The summed E-state index contributed by atoms with van der Waals surface area (Å²) in [6, 6.07) is -1.21. The van der Waals surface area contributed by atoms with Crippen molar-refractivity contribution in [2.24, 2.45) is 0 Å². The van der Waals surface area contributed by atoms with Gasteiger partial charge in [0.25, 0.3) is 0 Å². The van der Waals surface area contributed by atoms with Gasteiger partial charge in [-0.3, -0.25) is 0 Å². The molecule has 0 aromatic heterocycles. The first kappa shape index (κ1) is 22.6. The van der Waals surface area contributed by atoms with Crippen molar-refractivity contribution in [3.05, 3.63) is 0 Å². The van der Waals surface area contributed by atoms with Crippen molar-refractivity contribution < 1.29 is 55.4 Å². The van der Waals surface area contributed by atoms with E-state index < -0.39 is 68.0 Å². The molecular formula is C13H27NO11. The van der Waals surface area contributed by atoms with Gasteiger partial charge in [-0.2, -0.15) is 0 Å². The maximum atomic E-state index is 10.5. The summed E-state index contributed by atoms with van der Waals surface area (Å²) in [5, 5.41) is 87.4. The van der Waals surface area contributed by atoms with Gasteiger partial charge in [-0.25, -0.2) is 0 Å². The number of aliphatic hydroxyl groups is 9. The van der Waals surface area contributed by atoms with Crippen LogP contribution in [0.4, 0.5) is 0 Å². The second-order valence-corrected chi connectivity index (χ2v) is 5.72. The summed E-state index contributed by atoms with van der Waals surface area (Å²) in [6.07, 6.45) is -11.4. The van der Waals surface area contributed by atoms with Crippen LogP contribution < -0.4 is 5.32 Å². The Morgan fingerprint density at radius 2 is 1.60 bits per heavy atom. The Kier molecular flexibility index (Phi) is 8.53. The second-order valence-electron chi connectivity index (χ2n) is 5.72. The molecule has 2 aliphatic heterocycles. The molecule has 0 aliphatic carbocycles. The van der Waals surface area contributed by atoms with Gasteiger partial charge >= 0.3 is 0 Å². The molecule has 0 radical (unpaired) electrons. The molecule has 10 N–H and O–H groups in total. The van der Waals surface area contributed by atoms with Crippen molar-refractivity contribution in [2.45, 2.75) is 54.7 Å². The first-order valence-electron chi connectivity index (χ1n) is 7.62. The highest BCUT2D eigenvalue weighted by atomic mass is 16.8. The summed E-state index contributed by atoms with van der Waals surface area (Å²) >= 11 is 0. The molecular weight excluding hydrogens is 346 g/mol. The van der Waals surface area contributed by atoms with E-state index >= 15 is 0 Å². The number of rotatable bonds is 4. The van der Waals surface area contributed by atoms with Crippen LogP contribution in [0.1, 0.15) is 0 Å². The minimum absolute atomic E-state index is 0.118. The summed E-state index contributed by atoms with van der Waals surface area (Å²) in [4.78, 5) is 0. The first-order chi connectivity index (χ1) is 11.8. The van der Waals surface area contributed by atoms with Crippen LogP contribution in [0.5, 0.6) is 0 Å². The largest absolute Gasteiger partial charge is 0.400 e. The Balaban J connectivity index is 0.00000151. The third-order valence-electron chi connectivity index (χ3n) is 4.20. The van der Waals surface area contributed by atoms with E-state index in [-0.39, 0.29) is 6.54 Å². The minimum Gasteiger partial charge on any atom is -0.400 e. The lowest BCUT2D eigenvalue weighted by Gasteiger charge is -2.48. The fourth-order valence-electron chi connectivity index (χ4n) is 2.70. The molecule has 2 aliphatic rings. The number of aliphatic hydroxyl groups excluding tert-OH is 8. The average Bonchev–Trinajstić information content (AvgIpc) is 2.62. The standard InChI is InChI=1S/C12H23NO10.CH4O/c14-2-5-7(17)8(18)9(19)11(22-5)23-12(21)6(3-15)13-1-4(16)10(12)20;1-2/h4-11,13-21H,1-3H2;2H,1H3/t4-,5+,6+,7+,8-,9+,10+,11-,12?;/m0./s1. The van der Waals surface area contributed by atoms with Crippen LogP contribution in [0.2, 0.25) is 0 Å². The number of nitrogens with one attached hydrogen (secondary N) is 1. The predicted molar refractivity (Wildman–Crippen MR) is 78.8 cm³/mol. The van der Waals surface area contributed by atoms with Crippen LogP contribution in [0, 0.1) is 0 Å². The Morgan fingerprint density at radius 3 is 2.12 bits per heavy atom. The lowest BCUT2D eigenvalue weighted by atomic mass is 9.91. The van der Waals surface area contributed by atoms with Crippen molar-refractivity contribution in [2.75, 3.05) is 26.9 Å². The zero-order chi connectivity index (χ0) is 19.4. The molecule has 2 saturated heterocycles. The molecule has 150 valence electrons. The van der Waals surface area contributed by atoms with Crippen molar-refractivity contribution in [3.8, 4) is 0 Å². The van der Waals surface area contributed by atoms with E-state index in [0.29, 0.717) is 0 Å². The Bertz CT molecular complexity index is 396. The van der Waals surface area contributed by atoms with Gasteiger partial charge in [0.2, 0.25) is 5.79 Å². The third kappa shape index (κ3) is 4.44. The highest BCUT2D eigenvalue weighted by Crippen LogP contribution is 2.30. The lowest BCUT2D eigenvalue weighted by molar-refractivity contribution is -0.395. The molecule has 12 heteroatoms. The summed E-state index contributed by atoms with van der Waals surface area (Å²) in [7, 11) is 1.00. The Hall–Kier alpha value is -0.480. The molecule has 0 saturated carbocycles. The van der Waals surface area contributed by atoms with Gasteiger partial charge in [-0.15, -0.1) is 0 Å². The number of hydrogen-bond donors (Lipinski definition) is 10. The minimum atomic E-state index is -2.54. The van der Waals surface area contributed by atoms with Gasteiger partial charge in [0.05, 0.1) is 25.4 Å². The molecule has 25 heavy (non-hydrogen) atoms. The number of hydrogen-bond acceptors (Lipinski definition) is 12. The number of piperidine rings is 1. The molecule has 0 bridgehead atoms. The zero-order valence-electron chi connectivity index (χ0n) is 13.6. The van der Waals surface area contributed by atoms with Crippen molar-refractivity contribution in [1.82, 2.24) is 5.32 Å². The number of β-amino-alcohol motifs (C(OH)–C–C–N with tert-alkyl or cyclic N) is 1. The average molecular weight is 373 g/mol. The monoisotopic (exact) mass is 373 g/mol. The molecule has 12 nitrogen and oxygen atoms in total. The molecule has 9 atom stereocenters. The van der Waals surface area contributed by atoms with E-state index in [1.807, 2.05) is 0 Å². The smallest absolute Gasteiger partial charge is 0.215 e. The highest BCUT2D eigenvalue weighted by molar-refractivity contribution is 5.00. The van der Waals surface area contributed by atoms with Crippen LogP contribution >= 0.6 is 0 Å². The van der Waals surface area contributed by atoms with Crippen LogP contribution in [0.15, 0.2) is 0 Å². The van der Waals surface area contributed by atoms with E-state index in [1.165, 1.54) is 0 Å². The summed E-state index contributed by atoms with van der Waals surface area (Å²) in [5.41, 5.74) is 0. The van der Waals surface area contributed by atoms with Gasteiger partial charge in [-0.1, -0.05) is 0 Å². The highest BCUT2D eigenvalue weighted by Gasteiger charge is 2.55. The second kappa shape index (κ2) is 9.45. The fourth-order valence-corrected chi connectivity index (χ4v) is 2.70. The first-order valence-corrected chi connectivity index (χ1v) is 7.62.